The third-order valence-corrected chi connectivity index (χ3v) is 5.98. The van der Waals surface area contributed by atoms with E-state index in [-0.39, 0.29) is 30.0 Å². The monoisotopic (exact) mass is 490 g/mol. The molecule has 2 aromatic carbocycles. The number of para-hydroxylation sites is 1. The number of hydrogen-bond acceptors (Lipinski definition) is 7. The predicted molar refractivity (Wildman–Crippen MR) is 126 cm³/mol. The summed E-state index contributed by atoms with van der Waals surface area (Å²) < 4.78 is 16.5. The quantitative estimate of drug-likeness (QED) is 0.319. The fourth-order valence-corrected chi connectivity index (χ4v) is 3.95. The number of carbonyl (C=O) groups excluding carboxylic acids is 2. The molecule has 2 aromatic heterocycles. The molecule has 11 nitrogen and oxygen atoms in total. The Kier molecular flexibility index (Phi) is 5.80. The van der Waals surface area contributed by atoms with Gasteiger partial charge < -0.3 is 29.7 Å². The number of fused-ring (bicyclic) bond motifs is 1. The summed E-state index contributed by atoms with van der Waals surface area (Å²) in [5.74, 6) is -0.514. The van der Waals surface area contributed by atoms with Crippen LogP contribution in [0.4, 0.5) is 4.79 Å². The van der Waals surface area contributed by atoms with Gasteiger partial charge in [-0.3, -0.25) is 14.2 Å². The van der Waals surface area contributed by atoms with Gasteiger partial charge in [0.25, 0.3) is 11.8 Å². The molecule has 5 rings (SSSR count). The molecule has 11 heteroatoms. The van der Waals surface area contributed by atoms with Gasteiger partial charge >= 0.3 is 6.16 Å². The standard InChI is InChI=1S/C25H22N4O7/c1-34-20-13-19(36-28-20)22(30)27-25(10-11-25)23(31)26-14-15-6-8-17(9-7-15)29-18-5-3-2-4-16(18)12-21(29)35-24(32)33/h2-9,12-13H,10-11,14H2,1H3,(H,26,31)(H,27,30)(H,32,33). The minimum absolute atomic E-state index is 0.0368. The van der Waals surface area contributed by atoms with Gasteiger partial charge in [0, 0.05) is 23.7 Å². The van der Waals surface area contributed by atoms with Gasteiger partial charge in [-0.1, -0.05) is 30.3 Å². The van der Waals surface area contributed by atoms with Gasteiger partial charge in [-0.25, -0.2) is 4.79 Å². The van der Waals surface area contributed by atoms with Crippen molar-refractivity contribution in [1.29, 1.82) is 0 Å². The van der Waals surface area contributed by atoms with Crippen molar-refractivity contribution in [2.24, 2.45) is 0 Å². The zero-order valence-electron chi connectivity index (χ0n) is 19.2. The minimum Gasteiger partial charge on any atom is -0.479 e. The third kappa shape index (κ3) is 4.45. The highest BCUT2D eigenvalue weighted by Gasteiger charge is 2.51. The number of hydrogen-bond donors (Lipinski definition) is 3. The molecule has 1 saturated carbocycles. The summed E-state index contributed by atoms with van der Waals surface area (Å²) in [4.78, 5) is 36.4. The van der Waals surface area contributed by atoms with Crippen LogP contribution in [0, 0.1) is 0 Å². The number of amides is 2. The van der Waals surface area contributed by atoms with E-state index in [1.807, 2.05) is 48.5 Å². The fraction of sp³-hybridized carbons (Fsp3) is 0.200. The fourth-order valence-electron chi connectivity index (χ4n) is 3.95. The summed E-state index contributed by atoms with van der Waals surface area (Å²) in [7, 11) is 1.41. The first-order valence-corrected chi connectivity index (χ1v) is 11.1. The smallest absolute Gasteiger partial charge is 0.479 e. The summed E-state index contributed by atoms with van der Waals surface area (Å²) >= 11 is 0. The maximum absolute atomic E-state index is 12.8. The van der Waals surface area contributed by atoms with Crippen LogP contribution < -0.4 is 20.1 Å². The lowest BCUT2D eigenvalue weighted by molar-refractivity contribution is -0.124. The number of nitrogens with one attached hydrogen (secondary N) is 2. The molecule has 0 unspecified atom stereocenters. The number of nitrogens with zero attached hydrogens (tertiary/aromatic N) is 2. The van der Waals surface area contributed by atoms with Crippen molar-refractivity contribution in [2.75, 3.05) is 7.11 Å². The third-order valence-electron chi connectivity index (χ3n) is 5.98. The molecule has 0 bridgehead atoms. The lowest BCUT2D eigenvalue weighted by Crippen LogP contribution is -2.48. The van der Waals surface area contributed by atoms with Crippen LogP contribution in [0.15, 0.2) is 65.2 Å². The van der Waals surface area contributed by atoms with Crippen LogP contribution in [0.1, 0.15) is 29.0 Å². The second-order valence-electron chi connectivity index (χ2n) is 8.36. The van der Waals surface area contributed by atoms with Crippen LogP contribution in [0.25, 0.3) is 16.6 Å². The van der Waals surface area contributed by atoms with Crippen molar-refractivity contribution >= 4 is 28.9 Å². The topological polar surface area (TPSA) is 145 Å². The highest BCUT2D eigenvalue weighted by Crippen LogP contribution is 2.36. The first kappa shape index (κ1) is 23.0. The second kappa shape index (κ2) is 9.10. The molecule has 184 valence electrons. The molecule has 0 saturated heterocycles. The number of carboxylic acid groups (broad SMARTS) is 1. The number of rotatable bonds is 8. The molecule has 4 aromatic rings. The summed E-state index contributed by atoms with van der Waals surface area (Å²) in [6.45, 7) is 0.248. The zero-order chi connectivity index (χ0) is 25.3. The Hall–Kier alpha value is -4.80. The summed E-state index contributed by atoms with van der Waals surface area (Å²) in [5.41, 5.74) is 1.34. The molecule has 0 aliphatic heterocycles. The van der Waals surface area contributed by atoms with Crippen LogP contribution in [0.5, 0.6) is 11.8 Å². The minimum atomic E-state index is -1.40. The molecule has 1 aliphatic carbocycles. The Morgan fingerprint density at radius 2 is 1.86 bits per heavy atom. The van der Waals surface area contributed by atoms with Crippen molar-refractivity contribution in [3.05, 3.63) is 72.0 Å². The van der Waals surface area contributed by atoms with Crippen LogP contribution in [-0.2, 0) is 11.3 Å². The Bertz CT molecular complexity index is 1450. The van der Waals surface area contributed by atoms with Crippen LogP contribution >= 0.6 is 0 Å². The van der Waals surface area contributed by atoms with Gasteiger partial charge in [-0.15, -0.1) is 0 Å². The van der Waals surface area contributed by atoms with Crippen LogP contribution in [0.3, 0.4) is 0 Å². The Balaban J connectivity index is 1.26. The average molecular weight is 490 g/mol. The maximum atomic E-state index is 12.8. The molecule has 3 N–H and O–H groups in total. The number of methoxy groups -OCH3 is 1. The van der Waals surface area contributed by atoms with E-state index >= 15 is 0 Å². The zero-order valence-corrected chi connectivity index (χ0v) is 19.2. The normalized spacial score (nSPS) is 13.7. The van der Waals surface area contributed by atoms with Crippen molar-refractivity contribution in [2.45, 2.75) is 24.9 Å². The van der Waals surface area contributed by atoms with Crippen molar-refractivity contribution < 1.29 is 33.5 Å². The highest BCUT2D eigenvalue weighted by atomic mass is 16.7. The van der Waals surface area contributed by atoms with Crippen LogP contribution in [0.2, 0.25) is 0 Å². The number of ether oxygens (including phenoxy) is 2. The first-order valence-electron chi connectivity index (χ1n) is 11.1. The van der Waals surface area contributed by atoms with Gasteiger partial charge in [0.2, 0.25) is 17.5 Å². The van der Waals surface area contributed by atoms with Gasteiger partial charge in [-0.05, 0) is 41.8 Å². The van der Waals surface area contributed by atoms with Gasteiger partial charge in [0.15, 0.2) is 0 Å². The second-order valence-corrected chi connectivity index (χ2v) is 8.36. The summed E-state index contributed by atoms with van der Waals surface area (Å²) in [6, 6.07) is 17.8. The van der Waals surface area contributed by atoms with E-state index in [0.29, 0.717) is 18.5 Å². The maximum Gasteiger partial charge on any atom is 0.512 e. The molecule has 0 radical (unpaired) electrons. The predicted octanol–water partition coefficient (Wildman–Crippen LogP) is 3.26. The Labute approximate surface area is 204 Å². The Morgan fingerprint density at radius 3 is 2.53 bits per heavy atom. The molecule has 2 amide bonds. The number of carbonyl (C=O) groups is 3. The van der Waals surface area contributed by atoms with E-state index in [0.717, 1.165) is 16.5 Å². The van der Waals surface area contributed by atoms with E-state index in [1.54, 1.807) is 10.6 Å². The average Bonchev–Trinajstić information content (AvgIpc) is 3.33. The molecule has 2 heterocycles. The van der Waals surface area contributed by atoms with Crippen molar-refractivity contribution in [3.8, 4) is 17.4 Å². The molecule has 36 heavy (non-hydrogen) atoms. The first-order chi connectivity index (χ1) is 17.4. The van der Waals surface area contributed by atoms with Crippen molar-refractivity contribution in [1.82, 2.24) is 20.4 Å². The molecule has 0 spiro atoms. The largest absolute Gasteiger partial charge is 0.512 e. The Morgan fingerprint density at radius 1 is 1.11 bits per heavy atom. The lowest BCUT2D eigenvalue weighted by atomic mass is 10.1. The van der Waals surface area contributed by atoms with E-state index in [1.165, 1.54) is 13.2 Å². The molecular weight excluding hydrogens is 468 g/mol. The number of aromatic nitrogens is 2. The van der Waals surface area contributed by atoms with Gasteiger partial charge in [0.05, 0.1) is 18.7 Å². The van der Waals surface area contributed by atoms with E-state index in [4.69, 9.17) is 19.1 Å². The van der Waals surface area contributed by atoms with E-state index in [2.05, 4.69) is 15.8 Å². The SMILES string of the molecule is COc1cc(C(=O)NC2(C(=O)NCc3ccc(-n4c(OC(=O)O)cc5ccccc54)cc3)CC2)on1. The van der Waals surface area contributed by atoms with Gasteiger partial charge in [0.1, 0.15) is 5.54 Å². The molecule has 0 atom stereocenters. The van der Waals surface area contributed by atoms with Crippen LogP contribution in [-0.4, -0.2) is 45.4 Å². The van der Waals surface area contributed by atoms with Crippen molar-refractivity contribution in [3.63, 3.8) is 0 Å². The lowest BCUT2D eigenvalue weighted by Gasteiger charge is -2.16. The molecular formula is C25H22N4O7. The highest BCUT2D eigenvalue weighted by molar-refractivity contribution is 5.99. The van der Waals surface area contributed by atoms with E-state index < -0.39 is 17.6 Å². The molecule has 1 aliphatic rings. The number of benzene rings is 2. The molecule has 1 fully saturated rings. The summed E-state index contributed by atoms with van der Waals surface area (Å²) in [5, 5.41) is 19.1. The summed E-state index contributed by atoms with van der Waals surface area (Å²) in [6.07, 6.45) is -0.370. The van der Waals surface area contributed by atoms with Gasteiger partial charge in [-0.2, -0.15) is 0 Å². The van der Waals surface area contributed by atoms with E-state index in [9.17, 15) is 14.4 Å².